The number of aromatic nitrogens is 2. The van der Waals surface area contributed by atoms with E-state index in [1.165, 1.54) is 39.2 Å². The van der Waals surface area contributed by atoms with E-state index in [0.717, 1.165) is 39.0 Å². The van der Waals surface area contributed by atoms with E-state index >= 15 is 4.39 Å². The molecule has 0 radical (unpaired) electrons. The molecular weight excluding hydrogens is 719 g/mol. The number of amides is 2. The Kier molecular flexibility index (Phi) is 10.5. The van der Waals surface area contributed by atoms with Crippen LogP contribution in [0.2, 0.25) is 0 Å². The van der Waals surface area contributed by atoms with Gasteiger partial charge in [-0.05, 0) is 97.2 Å². The van der Waals surface area contributed by atoms with E-state index in [9.17, 15) is 22.4 Å². The van der Waals surface area contributed by atoms with Gasteiger partial charge in [0.25, 0.3) is 16.1 Å². The molecule has 1 unspecified atom stereocenters. The third kappa shape index (κ3) is 7.33. The average Bonchev–Trinajstić information content (AvgIpc) is 3.74. The second-order valence-corrected chi connectivity index (χ2v) is 18.2. The molecular formula is C38H52F2N8O5S. The van der Waals surface area contributed by atoms with Crippen molar-refractivity contribution in [3.05, 3.63) is 54.8 Å². The summed E-state index contributed by atoms with van der Waals surface area (Å²) in [6.07, 6.45) is 6.98. The second-order valence-electron chi connectivity index (χ2n) is 16.4. The number of fused-ring (bicyclic) bond motifs is 2. The molecule has 54 heavy (non-hydrogen) atoms. The molecule has 6 heterocycles. The monoisotopic (exact) mass is 770 g/mol. The maximum absolute atomic E-state index is 16.2. The molecule has 1 aromatic carbocycles. The second kappa shape index (κ2) is 14.7. The topological polar surface area (TPSA) is 123 Å². The Balaban J connectivity index is 0.917. The van der Waals surface area contributed by atoms with E-state index in [4.69, 9.17) is 4.74 Å². The van der Waals surface area contributed by atoms with Crippen molar-refractivity contribution >= 4 is 27.8 Å². The number of alkyl halides is 1. The number of carbonyl (C=O) groups excluding carboxylic acids is 2. The van der Waals surface area contributed by atoms with Gasteiger partial charge in [0.05, 0.1) is 11.8 Å². The van der Waals surface area contributed by atoms with Crippen molar-refractivity contribution in [2.45, 2.75) is 89.6 Å². The van der Waals surface area contributed by atoms with Gasteiger partial charge < -0.3 is 24.3 Å². The van der Waals surface area contributed by atoms with Crippen LogP contribution in [0.1, 0.15) is 70.2 Å². The summed E-state index contributed by atoms with van der Waals surface area (Å²) in [6, 6.07) is 3.36. The first kappa shape index (κ1) is 38.5. The largest absolute Gasteiger partial charge is 0.451 e. The van der Waals surface area contributed by atoms with Gasteiger partial charge in [-0.3, -0.25) is 9.59 Å². The maximum atomic E-state index is 16.2. The number of hydrogen-bond acceptors (Lipinski definition) is 9. The van der Waals surface area contributed by atoms with Gasteiger partial charge in [0.2, 0.25) is 5.91 Å². The molecule has 5 aliphatic rings. The molecule has 7 rings (SSSR count). The van der Waals surface area contributed by atoms with Crippen molar-refractivity contribution in [1.29, 1.82) is 0 Å². The summed E-state index contributed by atoms with van der Waals surface area (Å²) < 4.78 is 66.9. The highest BCUT2D eigenvalue weighted by atomic mass is 32.2. The number of rotatable bonds is 11. The number of likely N-dealkylation sites (tertiary alicyclic amines) is 2. The van der Waals surface area contributed by atoms with Crippen molar-refractivity contribution in [3.63, 3.8) is 0 Å². The van der Waals surface area contributed by atoms with E-state index in [1.54, 1.807) is 16.0 Å². The summed E-state index contributed by atoms with van der Waals surface area (Å²) in [5.41, 5.74) is -1.29. The number of halogens is 2. The Labute approximate surface area is 317 Å². The van der Waals surface area contributed by atoms with Crippen LogP contribution < -0.4 is 9.64 Å². The third-order valence-corrected chi connectivity index (χ3v) is 14.1. The van der Waals surface area contributed by atoms with Crippen molar-refractivity contribution in [2.75, 3.05) is 63.8 Å². The van der Waals surface area contributed by atoms with E-state index in [0.29, 0.717) is 24.5 Å². The molecule has 5 fully saturated rings. The van der Waals surface area contributed by atoms with Gasteiger partial charge in [0.1, 0.15) is 23.6 Å². The molecule has 1 spiro atoms. The van der Waals surface area contributed by atoms with E-state index in [2.05, 4.69) is 26.3 Å². The van der Waals surface area contributed by atoms with Crippen LogP contribution >= 0.6 is 0 Å². The van der Waals surface area contributed by atoms with Gasteiger partial charge in [-0.15, -0.1) is 0 Å². The number of ether oxygens (including phenoxy) is 1. The molecule has 294 valence electrons. The van der Waals surface area contributed by atoms with Crippen LogP contribution in [0.5, 0.6) is 11.5 Å². The van der Waals surface area contributed by atoms with Gasteiger partial charge >= 0.3 is 0 Å². The maximum Gasteiger partial charge on any atom is 0.282 e. The van der Waals surface area contributed by atoms with E-state index in [-0.39, 0.29) is 91.7 Å². The van der Waals surface area contributed by atoms with Crippen LogP contribution in [0.4, 0.5) is 14.6 Å². The van der Waals surface area contributed by atoms with Gasteiger partial charge in [0.15, 0.2) is 11.6 Å². The first-order valence-corrected chi connectivity index (χ1v) is 20.5. The summed E-state index contributed by atoms with van der Waals surface area (Å²) in [5.74, 6) is 0.178. The predicted molar refractivity (Wildman–Crippen MR) is 200 cm³/mol. The van der Waals surface area contributed by atoms with Crippen LogP contribution in [-0.4, -0.2) is 142 Å². The average molecular weight is 771 g/mol. The third-order valence-electron chi connectivity index (χ3n) is 12.1. The Morgan fingerprint density at radius 1 is 1.02 bits per heavy atom. The highest BCUT2D eigenvalue weighted by molar-refractivity contribution is 7.86. The Morgan fingerprint density at radius 2 is 1.70 bits per heavy atom. The molecule has 0 N–H and O–H groups in total. The lowest BCUT2D eigenvalue weighted by Crippen LogP contribution is -2.62. The zero-order chi connectivity index (χ0) is 38.6. The number of hydrogen-bond donors (Lipinski definition) is 0. The number of piperazine rings is 1. The minimum atomic E-state index is -3.74. The minimum absolute atomic E-state index is 0.0483. The van der Waals surface area contributed by atoms with Crippen molar-refractivity contribution in [3.8, 4) is 11.5 Å². The van der Waals surface area contributed by atoms with E-state index < -0.39 is 21.7 Å². The van der Waals surface area contributed by atoms with Crippen LogP contribution in [0, 0.1) is 11.2 Å². The van der Waals surface area contributed by atoms with E-state index in [1.807, 2.05) is 27.7 Å². The smallest absolute Gasteiger partial charge is 0.282 e. The summed E-state index contributed by atoms with van der Waals surface area (Å²) in [4.78, 5) is 42.1. The Hall–Kier alpha value is -3.73. The summed E-state index contributed by atoms with van der Waals surface area (Å²) in [5, 5.41) is 0. The first-order chi connectivity index (χ1) is 25.6. The van der Waals surface area contributed by atoms with Crippen LogP contribution in [-0.2, 0) is 15.0 Å². The number of anilines is 1. The number of benzene rings is 1. The molecule has 0 saturated carbocycles. The molecule has 2 amide bonds. The lowest BCUT2D eigenvalue weighted by Gasteiger charge is -2.55. The lowest BCUT2D eigenvalue weighted by molar-refractivity contribution is -0.127. The zero-order valence-corrected chi connectivity index (χ0v) is 32.5. The standard InChI is InChI=1S/C38H52F2N8O5S/c1-6-34(49)46-20-30-18-29(46)21-47(30)54(51,52)45-15-11-38(40,12-16-45)24-43-13-9-37(10-14-43)22-44(23-37)35-33(19-41-25-42-35)53-32-8-7-28(39)17-31(32)36(50)48(26(2)3)27(4)5/h6-8,17,19,25-27,29-30H,1,9-16,18,20-24H2,2-5H3/t29-,30?/m0/s1. The van der Waals surface area contributed by atoms with Crippen LogP contribution in [0.25, 0.3) is 0 Å². The fraction of sp³-hybridized carbons (Fsp3) is 0.632. The predicted octanol–water partition coefficient (Wildman–Crippen LogP) is 4.09. The number of nitrogens with zero attached hydrogens (tertiary/aromatic N) is 8. The summed E-state index contributed by atoms with van der Waals surface area (Å²) >= 11 is 0. The molecule has 5 saturated heterocycles. The molecule has 2 bridgehead atoms. The van der Waals surface area contributed by atoms with Crippen molar-refractivity contribution in [1.82, 2.24) is 33.3 Å². The summed E-state index contributed by atoms with van der Waals surface area (Å²) in [7, 11) is -3.74. The minimum Gasteiger partial charge on any atom is -0.451 e. The van der Waals surface area contributed by atoms with Gasteiger partial charge in [-0.2, -0.15) is 17.0 Å². The molecule has 0 aliphatic carbocycles. The molecule has 13 nitrogen and oxygen atoms in total. The highest BCUT2D eigenvalue weighted by Gasteiger charge is 2.52. The number of piperidine rings is 2. The fourth-order valence-electron chi connectivity index (χ4n) is 9.24. The quantitative estimate of drug-likeness (QED) is 0.311. The van der Waals surface area contributed by atoms with Gasteiger partial charge in [0, 0.05) is 75.4 Å². The Bertz CT molecular complexity index is 1850. The van der Waals surface area contributed by atoms with Crippen LogP contribution in [0.3, 0.4) is 0 Å². The highest BCUT2D eigenvalue weighted by Crippen LogP contribution is 2.46. The molecule has 16 heteroatoms. The van der Waals surface area contributed by atoms with Crippen LogP contribution in [0.15, 0.2) is 43.4 Å². The Morgan fingerprint density at radius 3 is 2.31 bits per heavy atom. The zero-order valence-electron chi connectivity index (χ0n) is 31.7. The fourth-order valence-corrected chi connectivity index (χ4v) is 11.1. The van der Waals surface area contributed by atoms with Crippen molar-refractivity contribution in [2.24, 2.45) is 5.41 Å². The first-order valence-electron chi connectivity index (χ1n) is 19.1. The SMILES string of the molecule is C=CC(=O)N1CC2C[C@H]1CN2S(=O)(=O)N1CCC(F)(CN2CCC3(CC2)CN(c2ncncc2Oc2ccc(F)cc2C(=O)N(C(C)C)C(C)C)C3)CC1. The number of carbonyl (C=O) groups is 2. The normalized spacial score (nSPS) is 24.3. The van der Waals surface area contributed by atoms with Crippen molar-refractivity contribution < 1.29 is 31.5 Å². The molecule has 1 aromatic heterocycles. The lowest BCUT2D eigenvalue weighted by atomic mass is 9.71. The summed E-state index contributed by atoms with van der Waals surface area (Å²) in [6.45, 7) is 15.4. The molecule has 5 aliphatic heterocycles. The van der Waals surface area contributed by atoms with Gasteiger partial charge in [-0.25, -0.2) is 18.7 Å². The van der Waals surface area contributed by atoms with Gasteiger partial charge in [-0.1, -0.05) is 6.58 Å². The molecule has 2 atom stereocenters. The molecule has 2 aromatic rings.